The van der Waals surface area contributed by atoms with Crippen molar-refractivity contribution in [2.24, 2.45) is 17.3 Å². The summed E-state index contributed by atoms with van der Waals surface area (Å²) < 4.78 is 5.77. The number of amides is 1. The minimum absolute atomic E-state index is 0.0540. The first-order valence-electron chi connectivity index (χ1n) is 9.25. The Morgan fingerprint density at radius 3 is 2.64 bits per heavy atom. The molecule has 1 amide bonds. The molecule has 134 valence electrons. The number of carbonyl (C=O) groups is 2. The van der Waals surface area contributed by atoms with Gasteiger partial charge in [0.15, 0.2) is 0 Å². The zero-order valence-corrected chi connectivity index (χ0v) is 14.6. The first-order valence-corrected chi connectivity index (χ1v) is 9.25. The van der Waals surface area contributed by atoms with Crippen LogP contribution >= 0.6 is 0 Å². The summed E-state index contributed by atoms with van der Waals surface area (Å²) in [5, 5.41) is 9.95. The Morgan fingerprint density at radius 1 is 1.20 bits per heavy atom. The fourth-order valence-corrected chi connectivity index (χ4v) is 4.77. The van der Waals surface area contributed by atoms with Crippen LogP contribution in [0, 0.1) is 17.3 Å². The number of aliphatic carboxylic acids is 1. The standard InChI is InChI=1S/C20H25NO4/c1-13-6-8-14(9-7-13)18(22)21-10-16-15-4-2-3-5-17(15)25-12-20(16,11-21)19(23)24/h2-5,13-14,16H,6-12H2,1H3,(H,23,24)/t13?,14?,16-,20-/m1/s1. The number of carbonyl (C=O) groups excluding carboxylic acids is 1. The van der Waals surface area contributed by atoms with Gasteiger partial charge in [0.05, 0.1) is 0 Å². The van der Waals surface area contributed by atoms with E-state index in [1.54, 1.807) is 4.90 Å². The molecule has 0 aromatic heterocycles. The first-order chi connectivity index (χ1) is 12.0. The molecule has 1 aromatic carbocycles. The molecule has 0 unspecified atom stereocenters. The Balaban J connectivity index is 1.60. The SMILES string of the molecule is CC1CCC(C(=O)N2C[C@@H]3c4ccccc4OC[C@]3(C(=O)O)C2)CC1. The Kier molecular flexibility index (Phi) is 3.97. The quantitative estimate of drug-likeness (QED) is 0.897. The van der Waals surface area contributed by atoms with Crippen molar-refractivity contribution in [3.05, 3.63) is 29.8 Å². The maximum Gasteiger partial charge on any atom is 0.315 e. The van der Waals surface area contributed by atoms with Gasteiger partial charge >= 0.3 is 5.97 Å². The van der Waals surface area contributed by atoms with Crippen molar-refractivity contribution in [2.45, 2.75) is 38.5 Å². The zero-order chi connectivity index (χ0) is 17.6. The van der Waals surface area contributed by atoms with Crippen molar-refractivity contribution in [3.63, 3.8) is 0 Å². The molecule has 3 aliphatic rings. The van der Waals surface area contributed by atoms with E-state index in [2.05, 4.69) is 6.92 Å². The predicted octanol–water partition coefficient (Wildman–Crippen LogP) is 2.90. The minimum atomic E-state index is -1.02. The van der Waals surface area contributed by atoms with E-state index in [1.807, 2.05) is 24.3 Å². The summed E-state index contributed by atoms with van der Waals surface area (Å²) in [5.74, 6) is 0.583. The van der Waals surface area contributed by atoms with E-state index in [0.29, 0.717) is 12.5 Å². The molecule has 2 atom stereocenters. The largest absolute Gasteiger partial charge is 0.492 e. The average molecular weight is 343 g/mol. The zero-order valence-electron chi connectivity index (χ0n) is 14.6. The van der Waals surface area contributed by atoms with E-state index >= 15 is 0 Å². The fourth-order valence-electron chi connectivity index (χ4n) is 4.77. The Hall–Kier alpha value is -2.04. The van der Waals surface area contributed by atoms with Crippen LogP contribution in [0.4, 0.5) is 0 Å². The van der Waals surface area contributed by atoms with Crippen LogP contribution in [0.5, 0.6) is 5.75 Å². The van der Waals surface area contributed by atoms with Crippen LogP contribution in [0.1, 0.15) is 44.1 Å². The topological polar surface area (TPSA) is 66.8 Å². The number of carboxylic acids is 1. The molecule has 2 fully saturated rings. The first kappa shape index (κ1) is 16.4. The van der Waals surface area contributed by atoms with Crippen molar-refractivity contribution >= 4 is 11.9 Å². The molecule has 2 heterocycles. The second-order valence-electron chi connectivity index (χ2n) is 8.02. The van der Waals surface area contributed by atoms with Gasteiger partial charge in [-0.3, -0.25) is 9.59 Å². The molecule has 1 saturated carbocycles. The maximum atomic E-state index is 13.0. The van der Waals surface area contributed by atoms with Crippen LogP contribution in [-0.4, -0.2) is 41.6 Å². The van der Waals surface area contributed by atoms with Gasteiger partial charge < -0.3 is 14.7 Å². The van der Waals surface area contributed by atoms with Gasteiger partial charge in [-0.1, -0.05) is 25.1 Å². The molecule has 0 radical (unpaired) electrons. The third kappa shape index (κ3) is 2.60. The number of nitrogens with zero attached hydrogens (tertiary/aromatic N) is 1. The van der Waals surface area contributed by atoms with Gasteiger partial charge in [-0.15, -0.1) is 0 Å². The number of carboxylic acid groups (broad SMARTS) is 1. The molecule has 0 spiro atoms. The molecular weight excluding hydrogens is 318 g/mol. The number of benzene rings is 1. The third-order valence-corrected chi connectivity index (χ3v) is 6.43. The van der Waals surface area contributed by atoms with Crippen LogP contribution in [0.3, 0.4) is 0 Å². The van der Waals surface area contributed by atoms with Gasteiger partial charge in [0.25, 0.3) is 0 Å². The molecule has 2 aliphatic heterocycles. The number of hydrogen-bond donors (Lipinski definition) is 1. The van der Waals surface area contributed by atoms with Crippen LogP contribution in [0.15, 0.2) is 24.3 Å². The van der Waals surface area contributed by atoms with E-state index < -0.39 is 11.4 Å². The van der Waals surface area contributed by atoms with Crippen molar-refractivity contribution < 1.29 is 19.4 Å². The van der Waals surface area contributed by atoms with E-state index in [0.717, 1.165) is 37.0 Å². The molecule has 4 rings (SSSR count). The van der Waals surface area contributed by atoms with Gasteiger partial charge in [-0.05, 0) is 37.7 Å². The molecule has 25 heavy (non-hydrogen) atoms. The number of rotatable bonds is 2. The number of fused-ring (bicyclic) bond motifs is 3. The van der Waals surface area contributed by atoms with Crippen LogP contribution in [-0.2, 0) is 9.59 Å². The fraction of sp³-hybridized carbons (Fsp3) is 0.600. The summed E-state index contributed by atoms with van der Waals surface area (Å²) >= 11 is 0. The highest BCUT2D eigenvalue weighted by molar-refractivity contribution is 5.84. The highest BCUT2D eigenvalue weighted by Crippen LogP contribution is 2.50. The summed E-state index contributed by atoms with van der Waals surface area (Å²) in [6.07, 6.45) is 4.02. The van der Waals surface area contributed by atoms with Crippen LogP contribution < -0.4 is 4.74 Å². The van der Waals surface area contributed by atoms with Crippen molar-refractivity contribution in [1.82, 2.24) is 4.90 Å². The molecule has 1 aromatic rings. The van der Waals surface area contributed by atoms with E-state index in [1.165, 1.54) is 0 Å². The predicted molar refractivity (Wildman–Crippen MR) is 92.4 cm³/mol. The lowest BCUT2D eigenvalue weighted by molar-refractivity contribution is -0.152. The third-order valence-electron chi connectivity index (χ3n) is 6.43. The van der Waals surface area contributed by atoms with Crippen molar-refractivity contribution in [3.8, 4) is 5.75 Å². The van der Waals surface area contributed by atoms with E-state index in [-0.39, 0.29) is 30.9 Å². The molecule has 1 saturated heterocycles. The van der Waals surface area contributed by atoms with Crippen molar-refractivity contribution in [1.29, 1.82) is 0 Å². The molecule has 5 nitrogen and oxygen atoms in total. The van der Waals surface area contributed by atoms with Crippen LogP contribution in [0.2, 0.25) is 0 Å². The average Bonchev–Trinajstić information content (AvgIpc) is 3.03. The Morgan fingerprint density at radius 2 is 1.92 bits per heavy atom. The number of hydrogen-bond acceptors (Lipinski definition) is 3. The summed E-state index contributed by atoms with van der Waals surface area (Å²) in [4.78, 5) is 27.0. The van der Waals surface area contributed by atoms with Gasteiger partial charge in [0, 0.05) is 30.5 Å². The highest BCUT2D eigenvalue weighted by atomic mass is 16.5. The molecule has 1 aliphatic carbocycles. The summed E-state index contributed by atoms with van der Waals surface area (Å²) in [7, 11) is 0. The minimum Gasteiger partial charge on any atom is -0.492 e. The maximum absolute atomic E-state index is 13.0. The lowest BCUT2D eigenvalue weighted by Crippen LogP contribution is -2.46. The number of ether oxygens (including phenoxy) is 1. The Labute approximate surface area is 148 Å². The van der Waals surface area contributed by atoms with E-state index in [9.17, 15) is 14.7 Å². The van der Waals surface area contributed by atoms with Gasteiger partial charge in [0.1, 0.15) is 17.8 Å². The summed E-state index contributed by atoms with van der Waals surface area (Å²) in [6, 6.07) is 7.63. The smallest absolute Gasteiger partial charge is 0.315 e. The van der Waals surface area contributed by atoms with Gasteiger partial charge in [-0.25, -0.2) is 0 Å². The number of para-hydroxylation sites is 1. The molecular formula is C20H25NO4. The molecule has 5 heteroatoms. The van der Waals surface area contributed by atoms with Gasteiger partial charge in [-0.2, -0.15) is 0 Å². The normalized spacial score (nSPS) is 34.0. The monoisotopic (exact) mass is 343 g/mol. The van der Waals surface area contributed by atoms with E-state index in [4.69, 9.17) is 4.74 Å². The number of likely N-dealkylation sites (tertiary alicyclic amines) is 1. The Bertz CT molecular complexity index is 695. The molecule has 1 N–H and O–H groups in total. The van der Waals surface area contributed by atoms with Crippen molar-refractivity contribution in [2.75, 3.05) is 19.7 Å². The summed E-state index contributed by atoms with van der Waals surface area (Å²) in [5.41, 5.74) is -0.102. The second-order valence-corrected chi connectivity index (χ2v) is 8.02. The van der Waals surface area contributed by atoms with Crippen LogP contribution in [0.25, 0.3) is 0 Å². The highest BCUT2D eigenvalue weighted by Gasteiger charge is 2.57. The lowest BCUT2D eigenvalue weighted by Gasteiger charge is -2.35. The lowest BCUT2D eigenvalue weighted by atomic mass is 9.73. The second kappa shape index (κ2) is 6.04. The molecule has 0 bridgehead atoms. The summed E-state index contributed by atoms with van der Waals surface area (Å²) in [6.45, 7) is 3.11. The van der Waals surface area contributed by atoms with Gasteiger partial charge in [0.2, 0.25) is 5.91 Å².